The molecule has 0 aromatic carbocycles. The smallest absolute Gasteiger partial charge is 0.283 e. The second-order valence-electron chi connectivity index (χ2n) is 2.92. The summed E-state index contributed by atoms with van der Waals surface area (Å²) in [6.07, 6.45) is 2.94. The van der Waals surface area contributed by atoms with Crippen LogP contribution in [0.15, 0.2) is 0 Å². The van der Waals surface area contributed by atoms with Gasteiger partial charge in [-0.25, -0.2) is 0 Å². The lowest BCUT2D eigenvalue weighted by Gasteiger charge is -2.12. The fourth-order valence-electron chi connectivity index (χ4n) is 0.928. The standard InChI is InChI=1S/C7H13Cl3O3S/c8-5-3-1-2-4-6(9)7(10)14(11,12)13/h6-7H,1-5H2,(H,11,12,13). The number of rotatable bonds is 7. The molecule has 0 rings (SSSR count). The zero-order valence-corrected chi connectivity index (χ0v) is 10.6. The summed E-state index contributed by atoms with van der Waals surface area (Å²) in [7, 11) is -4.24. The average molecular weight is 284 g/mol. The molecule has 0 aromatic rings. The van der Waals surface area contributed by atoms with E-state index in [-0.39, 0.29) is 0 Å². The molecule has 0 aliphatic rings. The normalized spacial score (nSPS) is 16.6. The predicted octanol–water partition coefficient (Wildman–Crippen LogP) is 2.85. The summed E-state index contributed by atoms with van der Waals surface area (Å²) in [6.45, 7) is 0. The largest absolute Gasteiger partial charge is 0.284 e. The molecule has 0 saturated carbocycles. The van der Waals surface area contributed by atoms with Crippen molar-refractivity contribution in [3.05, 3.63) is 0 Å². The third-order valence-electron chi connectivity index (χ3n) is 1.68. The van der Waals surface area contributed by atoms with Crippen LogP contribution in [0.3, 0.4) is 0 Å². The van der Waals surface area contributed by atoms with E-state index in [1.165, 1.54) is 0 Å². The Morgan fingerprint density at radius 1 is 1.14 bits per heavy atom. The van der Waals surface area contributed by atoms with E-state index in [4.69, 9.17) is 39.4 Å². The van der Waals surface area contributed by atoms with Crippen LogP contribution in [0.5, 0.6) is 0 Å². The minimum Gasteiger partial charge on any atom is -0.284 e. The van der Waals surface area contributed by atoms with Crippen LogP contribution in [0.1, 0.15) is 25.7 Å². The lowest BCUT2D eigenvalue weighted by molar-refractivity contribution is 0.474. The third-order valence-corrected chi connectivity index (χ3v) is 4.58. The van der Waals surface area contributed by atoms with Gasteiger partial charge >= 0.3 is 0 Å². The Morgan fingerprint density at radius 3 is 2.14 bits per heavy atom. The molecule has 0 heterocycles. The predicted molar refractivity (Wildman–Crippen MR) is 60.0 cm³/mol. The summed E-state index contributed by atoms with van der Waals surface area (Å²) in [5.41, 5.74) is 0. The van der Waals surface area contributed by atoms with Gasteiger partial charge < -0.3 is 0 Å². The van der Waals surface area contributed by atoms with Gasteiger partial charge in [0.15, 0.2) is 4.71 Å². The summed E-state index contributed by atoms with van der Waals surface area (Å²) < 4.78 is 28.3. The quantitative estimate of drug-likeness (QED) is 0.444. The molecule has 0 spiro atoms. The van der Waals surface area contributed by atoms with E-state index >= 15 is 0 Å². The Labute approximate surface area is 99.5 Å². The van der Waals surface area contributed by atoms with E-state index in [1.54, 1.807) is 0 Å². The summed E-state index contributed by atoms with van der Waals surface area (Å²) in [6, 6.07) is 0. The van der Waals surface area contributed by atoms with Crippen molar-refractivity contribution >= 4 is 44.9 Å². The van der Waals surface area contributed by atoms with Gasteiger partial charge in [0.05, 0.1) is 5.38 Å². The van der Waals surface area contributed by atoms with E-state index in [0.717, 1.165) is 19.3 Å². The number of alkyl halides is 3. The Kier molecular flexibility index (Phi) is 7.52. The van der Waals surface area contributed by atoms with Crippen LogP contribution in [0.25, 0.3) is 0 Å². The summed E-state index contributed by atoms with van der Waals surface area (Å²) >= 11 is 16.6. The highest BCUT2D eigenvalue weighted by Crippen LogP contribution is 2.21. The molecule has 0 bridgehead atoms. The molecule has 0 radical (unpaired) electrons. The van der Waals surface area contributed by atoms with Crippen LogP contribution in [0, 0.1) is 0 Å². The molecule has 14 heavy (non-hydrogen) atoms. The van der Waals surface area contributed by atoms with Crippen molar-refractivity contribution in [3.8, 4) is 0 Å². The number of hydrogen-bond acceptors (Lipinski definition) is 2. The van der Waals surface area contributed by atoms with E-state index in [0.29, 0.717) is 12.3 Å². The van der Waals surface area contributed by atoms with E-state index in [1.807, 2.05) is 0 Å². The Hall–Kier alpha value is 0.780. The highest BCUT2D eigenvalue weighted by molar-refractivity contribution is 7.87. The topological polar surface area (TPSA) is 54.4 Å². The first-order valence-corrected chi connectivity index (χ1v) is 7.11. The molecule has 0 aliphatic carbocycles. The maximum Gasteiger partial charge on any atom is 0.283 e. The molecule has 3 nitrogen and oxygen atoms in total. The molecule has 2 unspecified atom stereocenters. The molecule has 0 saturated heterocycles. The van der Waals surface area contributed by atoms with Gasteiger partial charge in [-0.05, 0) is 12.8 Å². The van der Waals surface area contributed by atoms with Gasteiger partial charge in [0.2, 0.25) is 0 Å². The average Bonchev–Trinajstić information content (AvgIpc) is 2.09. The van der Waals surface area contributed by atoms with Crippen molar-refractivity contribution in [2.75, 3.05) is 5.88 Å². The highest BCUT2D eigenvalue weighted by Gasteiger charge is 2.27. The van der Waals surface area contributed by atoms with Crippen molar-refractivity contribution in [2.24, 2.45) is 0 Å². The molecule has 0 amide bonds. The maximum atomic E-state index is 10.6. The first kappa shape index (κ1) is 14.8. The van der Waals surface area contributed by atoms with Crippen LogP contribution >= 0.6 is 34.8 Å². The molecular formula is C7H13Cl3O3S. The van der Waals surface area contributed by atoms with Gasteiger partial charge in [-0.2, -0.15) is 8.42 Å². The van der Waals surface area contributed by atoms with Crippen molar-refractivity contribution < 1.29 is 13.0 Å². The Balaban J connectivity index is 3.79. The summed E-state index contributed by atoms with van der Waals surface area (Å²) in [5.74, 6) is 0.579. The maximum absolute atomic E-state index is 10.6. The van der Waals surface area contributed by atoms with Crippen molar-refractivity contribution in [1.82, 2.24) is 0 Å². The number of halogens is 3. The van der Waals surface area contributed by atoms with Gasteiger partial charge in [0.25, 0.3) is 10.1 Å². The minimum atomic E-state index is -4.24. The summed E-state index contributed by atoms with van der Waals surface area (Å²) in [4.78, 5) is 0. The van der Waals surface area contributed by atoms with E-state index in [9.17, 15) is 8.42 Å². The number of unbranched alkanes of at least 4 members (excludes halogenated alkanes) is 2. The zero-order valence-electron chi connectivity index (χ0n) is 7.50. The Bertz CT molecular complexity index is 243. The first-order valence-electron chi connectivity index (χ1n) is 4.20. The molecule has 86 valence electrons. The summed E-state index contributed by atoms with van der Waals surface area (Å²) in [5, 5.41) is -0.762. The lowest BCUT2D eigenvalue weighted by Crippen LogP contribution is -2.24. The van der Waals surface area contributed by atoms with Crippen molar-refractivity contribution in [1.29, 1.82) is 0 Å². The third kappa shape index (κ3) is 6.30. The van der Waals surface area contributed by atoms with Gasteiger partial charge in [0, 0.05) is 5.88 Å². The van der Waals surface area contributed by atoms with E-state index in [2.05, 4.69) is 0 Å². The number of hydrogen-bond donors (Lipinski definition) is 1. The van der Waals surface area contributed by atoms with Gasteiger partial charge in [-0.3, -0.25) is 4.55 Å². The van der Waals surface area contributed by atoms with Gasteiger partial charge in [-0.1, -0.05) is 12.8 Å². The van der Waals surface area contributed by atoms with Gasteiger partial charge in [0.1, 0.15) is 0 Å². The second kappa shape index (κ2) is 7.12. The van der Waals surface area contributed by atoms with Crippen LogP contribution in [0.2, 0.25) is 0 Å². The SMILES string of the molecule is O=S(=O)(O)C(Cl)C(Cl)CCCCCCl. The molecule has 0 aromatic heterocycles. The fourth-order valence-corrected chi connectivity index (χ4v) is 2.30. The minimum absolute atomic E-state index is 0.451. The van der Waals surface area contributed by atoms with Crippen LogP contribution in [-0.2, 0) is 10.1 Å². The van der Waals surface area contributed by atoms with Crippen LogP contribution in [-0.4, -0.2) is 28.9 Å². The second-order valence-corrected chi connectivity index (χ2v) is 6.13. The van der Waals surface area contributed by atoms with Gasteiger partial charge in [-0.15, -0.1) is 34.8 Å². The van der Waals surface area contributed by atoms with Crippen molar-refractivity contribution in [2.45, 2.75) is 35.8 Å². The van der Waals surface area contributed by atoms with E-state index < -0.39 is 20.2 Å². The molecule has 2 atom stereocenters. The highest BCUT2D eigenvalue weighted by atomic mass is 35.5. The monoisotopic (exact) mass is 282 g/mol. The lowest BCUT2D eigenvalue weighted by atomic mass is 10.2. The zero-order chi connectivity index (χ0) is 11.2. The molecule has 0 fully saturated rings. The van der Waals surface area contributed by atoms with Crippen molar-refractivity contribution in [3.63, 3.8) is 0 Å². The fraction of sp³-hybridized carbons (Fsp3) is 1.00. The Morgan fingerprint density at radius 2 is 1.71 bits per heavy atom. The van der Waals surface area contributed by atoms with Crippen LogP contribution < -0.4 is 0 Å². The first-order chi connectivity index (χ1) is 6.39. The molecule has 1 N–H and O–H groups in total. The molecule has 0 aliphatic heterocycles. The molecular weight excluding hydrogens is 270 g/mol. The molecule has 7 heteroatoms. The van der Waals surface area contributed by atoms with Crippen LogP contribution in [0.4, 0.5) is 0 Å².